The van der Waals surface area contributed by atoms with E-state index in [9.17, 15) is 0 Å². The highest BCUT2D eigenvalue weighted by atomic mass is 16.5. The van der Waals surface area contributed by atoms with Gasteiger partial charge in [-0.1, -0.05) is 6.07 Å². The van der Waals surface area contributed by atoms with Gasteiger partial charge in [-0.05, 0) is 24.3 Å². The first-order valence-electron chi connectivity index (χ1n) is 9.98. The van der Waals surface area contributed by atoms with Crippen molar-refractivity contribution < 1.29 is 4.74 Å². The van der Waals surface area contributed by atoms with Gasteiger partial charge in [0.05, 0.1) is 19.4 Å². The summed E-state index contributed by atoms with van der Waals surface area (Å²) in [6, 6.07) is 14.7. The van der Waals surface area contributed by atoms with E-state index in [0.29, 0.717) is 4.48 Å². The number of amidine groups is 1. The highest BCUT2D eigenvalue weighted by Crippen LogP contribution is 2.35. The van der Waals surface area contributed by atoms with Crippen LogP contribution in [0.25, 0.3) is 16.7 Å². The molecule has 0 radical (unpaired) electrons. The first-order valence-corrected chi connectivity index (χ1v) is 9.98. The number of ether oxygens (including phenoxy) is 1. The molecular weight excluding hydrogens is 378 g/mol. The molecule has 1 unspecified atom stereocenters. The molecule has 0 aliphatic carbocycles. The number of H-pyrrole nitrogens is 1. The number of benzene rings is 2. The molecule has 2 aromatic carbocycles. The van der Waals surface area contributed by atoms with Gasteiger partial charge >= 0.3 is 0 Å². The minimum atomic E-state index is 0.416. The van der Waals surface area contributed by atoms with Crippen LogP contribution in [0.2, 0.25) is 0 Å². The van der Waals surface area contributed by atoms with Crippen molar-refractivity contribution in [2.75, 3.05) is 31.2 Å². The van der Waals surface area contributed by atoms with Gasteiger partial charge in [0.2, 0.25) is 0 Å². The lowest BCUT2D eigenvalue weighted by atomic mass is 10.1. The predicted octanol–water partition coefficient (Wildman–Crippen LogP) is 3.07. The maximum atomic E-state index is 5.47. The van der Waals surface area contributed by atoms with Crippen molar-refractivity contribution in [3.63, 3.8) is 0 Å². The number of nitrogens with one attached hydrogen (secondary N) is 1. The summed E-state index contributed by atoms with van der Waals surface area (Å²) in [5.41, 5.74) is 5.86. The maximum absolute atomic E-state index is 5.47. The van der Waals surface area contributed by atoms with Crippen molar-refractivity contribution in [1.29, 1.82) is 0 Å². The topological polar surface area (TPSA) is 78.8 Å². The molecule has 1 atom stereocenters. The Morgan fingerprint density at radius 2 is 1.80 bits per heavy atom. The molecule has 1 N–H and O–H groups in total. The average molecular weight is 398 g/mol. The zero-order valence-corrected chi connectivity index (χ0v) is 16.3. The SMILES string of the molecule is C1=C[N+]2(c3ccc(N4CCOCC4)cc3)C=C(c3ccc4n[nH]nc4c3)N=CC2=N1. The van der Waals surface area contributed by atoms with Gasteiger partial charge < -0.3 is 9.64 Å². The van der Waals surface area contributed by atoms with Gasteiger partial charge in [0.25, 0.3) is 5.84 Å². The Morgan fingerprint density at radius 3 is 2.67 bits per heavy atom. The van der Waals surface area contributed by atoms with E-state index in [0.717, 1.165) is 60.1 Å². The average Bonchev–Trinajstić information content (AvgIpc) is 3.46. The Kier molecular flexibility index (Phi) is 3.87. The van der Waals surface area contributed by atoms with E-state index in [1.54, 1.807) is 0 Å². The standard InChI is InChI=1S/C22H20N7O/c1-6-19-20(26-27-25-19)13-16(1)21-15-29(10-7-23-22(29)14-24-21)18-4-2-17(3-5-18)28-8-11-30-12-9-28/h1-7,10,13-15H,8-9,11-12H2,(H,25,26,27)/q+1. The van der Waals surface area contributed by atoms with Gasteiger partial charge in [0.1, 0.15) is 41.0 Å². The zero-order valence-electron chi connectivity index (χ0n) is 16.3. The van der Waals surface area contributed by atoms with E-state index in [4.69, 9.17) is 4.74 Å². The van der Waals surface area contributed by atoms with Crippen LogP contribution in [-0.4, -0.2) is 53.8 Å². The molecule has 8 nitrogen and oxygen atoms in total. The van der Waals surface area contributed by atoms with E-state index < -0.39 is 0 Å². The van der Waals surface area contributed by atoms with Crippen LogP contribution in [0.4, 0.5) is 11.4 Å². The molecule has 3 aromatic rings. The summed E-state index contributed by atoms with van der Waals surface area (Å²) in [5, 5.41) is 11.0. The van der Waals surface area contributed by atoms with E-state index >= 15 is 0 Å². The molecule has 6 rings (SSSR count). The van der Waals surface area contributed by atoms with Crippen LogP contribution in [0.15, 0.2) is 71.0 Å². The van der Waals surface area contributed by atoms with Crippen molar-refractivity contribution in [2.45, 2.75) is 0 Å². The van der Waals surface area contributed by atoms with Crippen molar-refractivity contribution in [3.8, 4) is 0 Å². The van der Waals surface area contributed by atoms with E-state index in [2.05, 4.69) is 67.0 Å². The quantitative estimate of drug-likeness (QED) is 0.688. The van der Waals surface area contributed by atoms with Crippen molar-refractivity contribution in [2.24, 2.45) is 9.98 Å². The van der Waals surface area contributed by atoms with Gasteiger partial charge in [-0.15, -0.1) is 0 Å². The Labute approximate surface area is 173 Å². The summed E-state index contributed by atoms with van der Waals surface area (Å²) in [5.74, 6) is 0.875. The minimum Gasteiger partial charge on any atom is -0.378 e. The fourth-order valence-corrected chi connectivity index (χ4v) is 4.15. The molecule has 1 aromatic heterocycles. The Balaban J connectivity index is 1.39. The van der Waals surface area contributed by atoms with E-state index in [1.807, 2.05) is 30.6 Å². The first kappa shape index (κ1) is 17.3. The maximum Gasteiger partial charge on any atom is 0.261 e. The third kappa shape index (κ3) is 2.69. The number of fused-ring (bicyclic) bond motifs is 2. The molecule has 0 bridgehead atoms. The third-order valence-electron chi connectivity index (χ3n) is 5.80. The smallest absolute Gasteiger partial charge is 0.261 e. The number of hydrogen-bond acceptors (Lipinski definition) is 6. The summed E-state index contributed by atoms with van der Waals surface area (Å²) in [7, 11) is 0. The fraction of sp³-hybridized carbons (Fsp3) is 0.182. The number of aliphatic imine (C=N–C) groups is 2. The number of anilines is 1. The molecular formula is C22H20N7O+. The van der Waals surface area contributed by atoms with Crippen molar-refractivity contribution >= 4 is 40.2 Å². The molecule has 3 aliphatic rings. The number of rotatable bonds is 3. The van der Waals surface area contributed by atoms with Crippen LogP contribution >= 0.6 is 0 Å². The largest absolute Gasteiger partial charge is 0.378 e. The second-order valence-corrected chi connectivity index (χ2v) is 7.48. The van der Waals surface area contributed by atoms with Gasteiger partial charge in [-0.25, -0.2) is 4.99 Å². The number of aromatic nitrogens is 3. The monoisotopic (exact) mass is 398 g/mol. The molecule has 1 saturated heterocycles. The van der Waals surface area contributed by atoms with Gasteiger partial charge in [0, 0.05) is 36.5 Å². The molecule has 8 heteroatoms. The molecule has 3 aliphatic heterocycles. The lowest BCUT2D eigenvalue weighted by Crippen LogP contribution is -2.45. The molecule has 0 amide bonds. The normalized spacial score (nSPS) is 22.9. The molecule has 4 heterocycles. The highest BCUT2D eigenvalue weighted by molar-refractivity contribution is 6.37. The molecule has 1 fully saturated rings. The Hall–Kier alpha value is -3.62. The van der Waals surface area contributed by atoms with E-state index in [1.165, 1.54) is 5.69 Å². The van der Waals surface area contributed by atoms with Crippen molar-refractivity contribution in [3.05, 3.63) is 66.6 Å². The van der Waals surface area contributed by atoms with Crippen LogP contribution in [0.5, 0.6) is 0 Å². The Bertz CT molecular complexity index is 1230. The van der Waals surface area contributed by atoms with Crippen LogP contribution in [-0.2, 0) is 4.74 Å². The molecule has 148 valence electrons. The van der Waals surface area contributed by atoms with Crippen LogP contribution in [0, 0.1) is 0 Å². The lowest BCUT2D eigenvalue weighted by Gasteiger charge is -2.31. The summed E-state index contributed by atoms with van der Waals surface area (Å²) >= 11 is 0. The van der Waals surface area contributed by atoms with Crippen LogP contribution in [0.1, 0.15) is 5.56 Å². The van der Waals surface area contributed by atoms with Crippen molar-refractivity contribution in [1.82, 2.24) is 19.9 Å². The lowest BCUT2D eigenvalue weighted by molar-refractivity contribution is 0.122. The van der Waals surface area contributed by atoms with Crippen LogP contribution in [0.3, 0.4) is 0 Å². The van der Waals surface area contributed by atoms with E-state index in [-0.39, 0.29) is 0 Å². The fourth-order valence-electron chi connectivity index (χ4n) is 4.15. The number of nitrogens with zero attached hydrogens (tertiary/aromatic N) is 6. The second kappa shape index (κ2) is 6.72. The molecule has 30 heavy (non-hydrogen) atoms. The summed E-state index contributed by atoms with van der Waals surface area (Å²) in [6.45, 7) is 3.40. The first-order chi connectivity index (χ1) is 14.8. The number of morpholine rings is 1. The highest BCUT2D eigenvalue weighted by Gasteiger charge is 2.39. The summed E-state index contributed by atoms with van der Waals surface area (Å²) < 4.78 is 5.88. The number of aromatic amines is 1. The second-order valence-electron chi connectivity index (χ2n) is 7.48. The number of quaternary nitrogens is 1. The van der Waals surface area contributed by atoms with Gasteiger partial charge in [-0.3, -0.25) is 0 Å². The summed E-state index contributed by atoms with van der Waals surface area (Å²) in [4.78, 5) is 11.6. The van der Waals surface area contributed by atoms with Gasteiger partial charge in [0.15, 0.2) is 0 Å². The molecule has 0 spiro atoms. The Morgan fingerprint density at radius 1 is 0.967 bits per heavy atom. The predicted molar refractivity (Wildman–Crippen MR) is 118 cm³/mol. The van der Waals surface area contributed by atoms with Crippen LogP contribution < -0.4 is 9.38 Å². The minimum absolute atomic E-state index is 0.416. The summed E-state index contributed by atoms with van der Waals surface area (Å²) in [6.07, 6.45) is 7.90. The molecule has 0 saturated carbocycles. The third-order valence-corrected chi connectivity index (χ3v) is 5.80. The number of hydrogen-bond donors (Lipinski definition) is 1. The zero-order chi connectivity index (χ0) is 20.0. The van der Waals surface area contributed by atoms with Gasteiger partial charge in [-0.2, -0.15) is 24.9 Å².